The molecule has 0 radical (unpaired) electrons. The predicted molar refractivity (Wildman–Crippen MR) is 107 cm³/mol. The monoisotopic (exact) mass is 397 g/mol. The van der Waals surface area contributed by atoms with Gasteiger partial charge in [-0.25, -0.2) is 4.39 Å². The summed E-state index contributed by atoms with van der Waals surface area (Å²) in [7, 11) is 3.09. The molecule has 1 aromatic heterocycles. The third-order valence-electron chi connectivity index (χ3n) is 4.70. The van der Waals surface area contributed by atoms with Gasteiger partial charge in [0, 0.05) is 32.0 Å². The fourth-order valence-corrected chi connectivity index (χ4v) is 2.94. The summed E-state index contributed by atoms with van der Waals surface area (Å²) in [6.07, 6.45) is 1.54. The number of hydrogen-bond donors (Lipinski definition) is 0. The average molecular weight is 397 g/mol. The standard InChI is InChI=1S/C22H24FN3O3/c1-4-15-5-8-17(9-6-15)22-24-20(29-25-22)11-12-21(27)26(2)14-16-7-10-19(28-3)18(23)13-16/h5-10,13H,4,11-12,14H2,1-3H3. The van der Waals surface area contributed by atoms with E-state index in [9.17, 15) is 9.18 Å². The van der Waals surface area contributed by atoms with Crippen molar-refractivity contribution in [2.75, 3.05) is 14.2 Å². The summed E-state index contributed by atoms with van der Waals surface area (Å²) in [5.74, 6) is 0.567. The maximum atomic E-state index is 13.8. The molecule has 0 aliphatic heterocycles. The summed E-state index contributed by atoms with van der Waals surface area (Å²) < 4.78 is 24.0. The molecule has 0 aliphatic carbocycles. The van der Waals surface area contributed by atoms with Crippen molar-refractivity contribution in [2.45, 2.75) is 32.7 Å². The lowest BCUT2D eigenvalue weighted by Gasteiger charge is -2.17. The van der Waals surface area contributed by atoms with Crippen LogP contribution >= 0.6 is 0 Å². The molecule has 0 unspecified atom stereocenters. The first-order valence-corrected chi connectivity index (χ1v) is 9.48. The summed E-state index contributed by atoms with van der Waals surface area (Å²) in [6.45, 7) is 2.40. The zero-order chi connectivity index (χ0) is 20.8. The number of rotatable bonds is 8. The lowest BCUT2D eigenvalue weighted by Crippen LogP contribution is -2.26. The lowest BCUT2D eigenvalue weighted by atomic mass is 10.1. The van der Waals surface area contributed by atoms with E-state index in [0.717, 1.165) is 12.0 Å². The van der Waals surface area contributed by atoms with Gasteiger partial charge in [-0.2, -0.15) is 4.98 Å². The topological polar surface area (TPSA) is 68.5 Å². The van der Waals surface area contributed by atoms with Crippen molar-refractivity contribution in [1.82, 2.24) is 15.0 Å². The second-order valence-electron chi connectivity index (χ2n) is 6.78. The van der Waals surface area contributed by atoms with Crippen molar-refractivity contribution < 1.29 is 18.4 Å². The average Bonchev–Trinajstić information content (AvgIpc) is 3.21. The Hall–Kier alpha value is -3.22. The molecule has 0 spiro atoms. The molecule has 3 aromatic rings. The minimum absolute atomic E-state index is 0.0896. The molecule has 0 saturated heterocycles. The molecule has 0 saturated carbocycles. The van der Waals surface area contributed by atoms with Crippen LogP contribution in [0.5, 0.6) is 5.75 Å². The van der Waals surface area contributed by atoms with Crippen molar-refractivity contribution >= 4 is 5.91 Å². The van der Waals surface area contributed by atoms with Crippen LogP contribution in [-0.2, 0) is 24.2 Å². The smallest absolute Gasteiger partial charge is 0.227 e. The number of methoxy groups -OCH3 is 1. The Labute approximate surface area is 169 Å². The Balaban J connectivity index is 1.54. The number of halogens is 1. The fraction of sp³-hybridized carbons (Fsp3) is 0.318. The van der Waals surface area contributed by atoms with Gasteiger partial charge in [0.15, 0.2) is 11.6 Å². The third kappa shape index (κ3) is 5.19. The Morgan fingerprint density at radius 3 is 2.55 bits per heavy atom. The minimum atomic E-state index is -0.448. The van der Waals surface area contributed by atoms with Crippen LogP contribution in [0, 0.1) is 5.82 Å². The lowest BCUT2D eigenvalue weighted by molar-refractivity contribution is -0.130. The summed E-state index contributed by atoms with van der Waals surface area (Å²) in [5.41, 5.74) is 2.81. The first kappa shape index (κ1) is 20.5. The zero-order valence-corrected chi connectivity index (χ0v) is 16.8. The van der Waals surface area contributed by atoms with E-state index in [2.05, 4.69) is 17.1 Å². The molecule has 0 aliphatic rings. The highest BCUT2D eigenvalue weighted by Gasteiger charge is 2.14. The number of benzene rings is 2. The SMILES string of the molecule is CCc1ccc(-c2noc(CCC(=O)N(C)Cc3ccc(OC)c(F)c3)n2)cc1. The van der Waals surface area contributed by atoms with Crippen LogP contribution in [0.4, 0.5) is 4.39 Å². The first-order valence-electron chi connectivity index (χ1n) is 9.48. The number of aryl methyl sites for hydroxylation is 2. The number of carbonyl (C=O) groups excluding carboxylic acids is 1. The highest BCUT2D eigenvalue weighted by molar-refractivity contribution is 5.76. The van der Waals surface area contributed by atoms with Crippen molar-refractivity contribution in [3.05, 3.63) is 65.3 Å². The van der Waals surface area contributed by atoms with Gasteiger partial charge in [-0.05, 0) is 29.7 Å². The maximum absolute atomic E-state index is 13.8. The molecule has 0 fully saturated rings. The van der Waals surface area contributed by atoms with Crippen LogP contribution in [0.25, 0.3) is 11.4 Å². The van der Waals surface area contributed by atoms with E-state index in [1.54, 1.807) is 24.1 Å². The molecule has 1 heterocycles. The summed E-state index contributed by atoms with van der Waals surface area (Å²) in [5, 5.41) is 3.99. The van der Waals surface area contributed by atoms with Crippen molar-refractivity contribution in [1.29, 1.82) is 0 Å². The van der Waals surface area contributed by atoms with Gasteiger partial charge in [0.25, 0.3) is 0 Å². The Kier molecular flexibility index (Phi) is 6.59. The largest absolute Gasteiger partial charge is 0.494 e. The van der Waals surface area contributed by atoms with E-state index in [1.165, 1.54) is 18.7 Å². The number of hydrogen-bond acceptors (Lipinski definition) is 5. The van der Waals surface area contributed by atoms with Crippen molar-refractivity contribution in [2.24, 2.45) is 0 Å². The highest BCUT2D eigenvalue weighted by Crippen LogP contribution is 2.19. The summed E-state index contributed by atoms with van der Waals surface area (Å²) in [6, 6.07) is 12.6. The Bertz CT molecular complexity index is 970. The molecule has 1 amide bonds. The number of nitrogens with zero attached hydrogens (tertiary/aromatic N) is 3. The van der Waals surface area contributed by atoms with E-state index in [4.69, 9.17) is 9.26 Å². The summed E-state index contributed by atoms with van der Waals surface area (Å²) >= 11 is 0. The maximum Gasteiger partial charge on any atom is 0.227 e. The van der Waals surface area contributed by atoms with Gasteiger partial charge in [-0.3, -0.25) is 4.79 Å². The molecule has 152 valence electrons. The van der Waals surface area contributed by atoms with Gasteiger partial charge < -0.3 is 14.2 Å². The molecular weight excluding hydrogens is 373 g/mol. The molecule has 0 bridgehead atoms. The second kappa shape index (κ2) is 9.32. The van der Waals surface area contributed by atoms with Gasteiger partial charge in [-0.1, -0.05) is 42.4 Å². The van der Waals surface area contributed by atoms with Gasteiger partial charge in [0.05, 0.1) is 7.11 Å². The van der Waals surface area contributed by atoms with Crippen molar-refractivity contribution in [3.63, 3.8) is 0 Å². The van der Waals surface area contributed by atoms with E-state index in [-0.39, 0.29) is 18.1 Å². The molecule has 0 N–H and O–H groups in total. The Morgan fingerprint density at radius 1 is 1.17 bits per heavy atom. The van der Waals surface area contributed by atoms with Gasteiger partial charge in [0.2, 0.25) is 17.6 Å². The second-order valence-corrected chi connectivity index (χ2v) is 6.78. The van der Waals surface area contributed by atoms with Crippen LogP contribution in [0.15, 0.2) is 47.0 Å². The molecule has 6 nitrogen and oxygen atoms in total. The van der Waals surface area contributed by atoms with Crippen molar-refractivity contribution in [3.8, 4) is 17.1 Å². The Morgan fingerprint density at radius 2 is 1.90 bits per heavy atom. The molecule has 7 heteroatoms. The number of ether oxygens (including phenoxy) is 1. The van der Waals surface area contributed by atoms with E-state index >= 15 is 0 Å². The van der Waals surface area contributed by atoms with Gasteiger partial charge in [-0.15, -0.1) is 0 Å². The number of amides is 1. The summed E-state index contributed by atoms with van der Waals surface area (Å²) in [4.78, 5) is 18.3. The zero-order valence-electron chi connectivity index (χ0n) is 16.8. The van der Waals surface area contributed by atoms with Crippen LogP contribution in [0.1, 0.15) is 30.4 Å². The van der Waals surface area contributed by atoms with E-state index < -0.39 is 5.82 Å². The van der Waals surface area contributed by atoms with E-state index in [1.807, 2.05) is 24.3 Å². The number of carbonyl (C=O) groups is 1. The van der Waals surface area contributed by atoms with Crippen LogP contribution < -0.4 is 4.74 Å². The third-order valence-corrected chi connectivity index (χ3v) is 4.70. The first-order chi connectivity index (χ1) is 14.0. The van der Waals surface area contributed by atoms with Crippen LogP contribution in [-0.4, -0.2) is 35.1 Å². The van der Waals surface area contributed by atoms with Gasteiger partial charge in [0.1, 0.15) is 0 Å². The van der Waals surface area contributed by atoms with E-state index in [0.29, 0.717) is 30.2 Å². The molecule has 0 atom stereocenters. The molecule has 29 heavy (non-hydrogen) atoms. The fourth-order valence-electron chi connectivity index (χ4n) is 2.94. The van der Waals surface area contributed by atoms with Crippen LogP contribution in [0.2, 0.25) is 0 Å². The number of aromatic nitrogens is 2. The normalized spacial score (nSPS) is 10.8. The quantitative estimate of drug-likeness (QED) is 0.574. The molecular formula is C22H24FN3O3. The predicted octanol–water partition coefficient (Wildman–Crippen LogP) is 4.04. The van der Waals surface area contributed by atoms with Gasteiger partial charge >= 0.3 is 0 Å². The minimum Gasteiger partial charge on any atom is -0.494 e. The molecule has 2 aromatic carbocycles. The molecule has 3 rings (SSSR count). The highest BCUT2D eigenvalue weighted by atomic mass is 19.1. The van der Waals surface area contributed by atoms with Crippen LogP contribution in [0.3, 0.4) is 0 Å².